The Balaban J connectivity index is 1.41. The maximum atomic E-state index is 12.7. The zero-order valence-corrected chi connectivity index (χ0v) is 17.4. The van der Waals surface area contributed by atoms with E-state index in [9.17, 15) is 9.59 Å². The van der Waals surface area contributed by atoms with Gasteiger partial charge in [-0.1, -0.05) is 68.4 Å². The molecule has 0 saturated carbocycles. The fraction of sp³-hybridized carbons (Fsp3) is 0.231. The zero-order valence-electron chi connectivity index (χ0n) is 17.4. The predicted octanol–water partition coefficient (Wildman–Crippen LogP) is 4.67. The Hall–Kier alpha value is -3.24. The number of amides is 1. The second kappa shape index (κ2) is 8.64. The van der Waals surface area contributed by atoms with Gasteiger partial charge < -0.3 is 5.32 Å². The Bertz CT molecular complexity index is 1080. The molecule has 3 aromatic carbocycles. The lowest BCUT2D eigenvalue weighted by atomic mass is 10.0. The molecule has 0 saturated heterocycles. The van der Waals surface area contributed by atoms with E-state index in [-0.39, 0.29) is 11.7 Å². The molecule has 1 aliphatic carbocycles. The number of benzene rings is 3. The first-order chi connectivity index (χ1) is 14.6. The smallest absolute Gasteiger partial charge is 0.251 e. The number of carbonyl (C=O) groups excluding carboxylic acids is 2. The Morgan fingerprint density at radius 3 is 2.13 bits per heavy atom. The van der Waals surface area contributed by atoms with Crippen LogP contribution in [0.5, 0.6) is 0 Å². The zero-order chi connectivity index (χ0) is 21.1. The molecule has 0 fully saturated rings. The SMILES string of the molecule is CCN(CC)Cc1ccc(CNC(=O)c2ccc3c(c2)C(=O)c2ccccc2-3)cc1. The van der Waals surface area contributed by atoms with Crippen molar-refractivity contribution in [2.24, 2.45) is 0 Å². The van der Waals surface area contributed by atoms with E-state index in [1.54, 1.807) is 12.1 Å². The van der Waals surface area contributed by atoms with Crippen LogP contribution in [0.4, 0.5) is 0 Å². The van der Waals surface area contributed by atoms with Gasteiger partial charge in [-0.3, -0.25) is 14.5 Å². The van der Waals surface area contributed by atoms with Crippen molar-refractivity contribution in [1.29, 1.82) is 0 Å². The standard InChI is InChI=1S/C26H26N2O2/c1-3-28(4-2)17-19-11-9-18(10-12-19)16-27-26(30)20-13-14-22-21-7-5-6-8-23(21)25(29)24(22)15-20/h5-15H,3-4,16-17H2,1-2H3,(H,27,30). The summed E-state index contributed by atoms with van der Waals surface area (Å²) in [4.78, 5) is 27.7. The summed E-state index contributed by atoms with van der Waals surface area (Å²) in [5.41, 5.74) is 5.97. The first-order valence-corrected chi connectivity index (χ1v) is 10.5. The van der Waals surface area contributed by atoms with Crippen molar-refractivity contribution in [3.05, 3.63) is 94.5 Å². The summed E-state index contributed by atoms with van der Waals surface area (Å²) in [6, 6.07) is 21.3. The maximum Gasteiger partial charge on any atom is 0.251 e. The largest absolute Gasteiger partial charge is 0.348 e. The first kappa shape index (κ1) is 20.0. The predicted molar refractivity (Wildman–Crippen MR) is 120 cm³/mol. The summed E-state index contributed by atoms with van der Waals surface area (Å²) in [6.45, 7) is 7.78. The topological polar surface area (TPSA) is 49.4 Å². The summed E-state index contributed by atoms with van der Waals surface area (Å²) in [6.07, 6.45) is 0. The van der Waals surface area contributed by atoms with Crippen LogP contribution in [0, 0.1) is 0 Å². The molecule has 0 aromatic heterocycles. The molecule has 0 spiro atoms. The van der Waals surface area contributed by atoms with Crippen molar-refractivity contribution in [3.63, 3.8) is 0 Å². The summed E-state index contributed by atoms with van der Waals surface area (Å²) in [5, 5.41) is 2.96. The average Bonchev–Trinajstić information content (AvgIpc) is 3.08. The summed E-state index contributed by atoms with van der Waals surface area (Å²) in [5.74, 6) is -0.187. The van der Waals surface area contributed by atoms with Crippen molar-refractivity contribution < 1.29 is 9.59 Å². The molecule has 0 heterocycles. The van der Waals surface area contributed by atoms with Crippen LogP contribution in [0.25, 0.3) is 11.1 Å². The van der Waals surface area contributed by atoms with Crippen molar-refractivity contribution >= 4 is 11.7 Å². The average molecular weight is 399 g/mol. The number of fused-ring (bicyclic) bond motifs is 3. The minimum Gasteiger partial charge on any atom is -0.348 e. The number of nitrogens with zero attached hydrogens (tertiary/aromatic N) is 1. The molecular weight excluding hydrogens is 372 g/mol. The Labute approximate surface area is 177 Å². The molecule has 4 heteroatoms. The van der Waals surface area contributed by atoms with Crippen LogP contribution < -0.4 is 5.32 Å². The number of ketones is 1. The lowest BCUT2D eigenvalue weighted by molar-refractivity contribution is 0.0951. The third kappa shape index (κ3) is 3.91. The number of rotatable bonds is 7. The van der Waals surface area contributed by atoms with Gasteiger partial charge in [0.05, 0.1) is 0 Å². The van der Waals surface area contributed by atoms with E-state index in [1.165, 1.54) is 5.56 Å². The first-order valence-electron chi connectivity index (χ1n) is 10.5. The molecule has 0 bridgehead atoms. The molecule has 0 aliphatic heterocycles. The molecule has 1 N–H and O–H groups in total. The van der Waals surface area contributed by atoms with Gasteiger partial charge >= 0.3 is 0 Å². The van der Waals surface area contributed by atoms with Crippen LogP contribution >= 0.6 is 0 Å². The highest BCUT2D eigenvalue weighted by Crippen LogP contribution is 2.36. The number of nitrogens with one attached hydrogen (secondary N) is 1. The lowest BCUT2D eigenvalue weighted by Crippen LogP contribution is -2.23. The van der Waals surface area contributed by atoms with E-state index >= 15 is 0 Å². The van der Waals surface area contributed by atoms with Gasteiger partial charge in [0.25, 0.3) is 5.91 Å². The van der Waals surface area contributed by atoms with Crippen LogP contribution in [0.3, 0.4) is 0 Å². The van der Waals surface area contributed by atoms with E-state index in [0.717, 1.165) is 36.3 Å². The molecule has 0 atom stereocenters. The number of hydrogen-bond acceptors (Lipinski definition) is 3. The van der Waals surface area contributed by atoms with E-state index in [2.05, 4.69) is 48.3 Å². The molecular formula is C26H26N2O2. The van der Waals surface area contributed by atoms with E-state index in [1.807, 2.05) is 30.3 Å². The summed E-state index contributed by atoms with van der Waals surface area (Å²) >= 11 is 0. The van der Waals surface area contributed by atoms with Crippen molar-refractivity contribution in [1.82, 2.24) is 10.2 Å². The molecule has 30 heavy (non-hydrogen) atoms. The molecule has 152 valence electrons. The van der Waals surface area contributed by atoms with Gasteiger partial charge in [0.15, 0.2) is 5.78 Å². The fourth-order valence-electron chi connectivity index (χ4n) is 3.92. The second-order valence-corrected chi connectivity index (χ2v) is 7.60. The van der Waals surface area contributed by atoms with Crippen molar-refractivity contribution in [3.8, 4) is 11.1 Å². The third-order valence-corrected chi connectivity index (χ3v) is 5.76. The van der Waals surface area contributed by atoms with E-state index in [4.69, 9.17) is 0 Å². The lowest BCUT2D eigenvalue weighted by Gasteiger charge is -2.18. The molecule has 4 rings (SSSR count). The van der Waals surface area contributed by atoms with Crippen LogP contribution in [-0.2, 0) is 13.1 Å². The highest BCUT2D eigenvalue weighted by atomic mass is 16.1. The Morgan fingerprint density at radius 2 is 1.43 bits per heavy atom. The molecule has 4 nitrogen and oxygen atoms in total. The van der Waals surface area contributed by atoms with Gasteiger partial charge in [-0.05, 0) is 47.5 Å². The third-order valence-electron chi connectivity index (χ3n) is 5.76. The van der Waals surface area contributed by atoms with Crippen LogP contribution in [0.15, 0.2) is 66.7 Å². The van der Waals surface area contributed by atoms with Crippen LogP contribution in [0.1, 0.15) is 51.3 Å². The highest BCUT2D eigenvalue weighted by Gasteiger charge is 2.26. The van der Waals surface area contributed by atoms with Crippen LogP contribution in [-0.4, -0.2) is 29.7 Å². The van der Waals surface area contributed by atoms with Crippen molar-refractivity contribution in [2.75, 3.05) is 13.1 Å². The quantitative estimate of drug-likeness (QED) is 0.492. The molecule has 0 radical (unpaired) electrons. The second-order valence-electron chi connectivity index (χ2n) is 7.60. The molecule has 3 aromatic rings. The van der Waals surface area contributed by atoms with Gasteiger partial charge in [-0.15, -0.1) is 0 Å². The number of carbonyl (C=O) groups is 2. The molecule has 1 amide bonds. The van der Waals surface area contributed by atoms with Gasteiger partial charge in [0.1, 0.15) is 0 Å². The summed E-state index contributed by atoms with van der Waals surface area (Å²) in [7, 11) is 0. The van der Waals surface area contributed by atoms with Crippen molar-refractivity contribution in [2.45, 2.75) is 26.9 Å². The van der Waals surface area contributed by atoms with Crippen LogP contribution in [0.2, 0.25) is 0 Å². The monoisotopic (exact) mass is 398 g/mol. The Morgan fingerprint density at radius 1 is 0.800 bits per heavy atom. The Kier molecular flexibility index (Phi) is 5.77. The maximum absolute atomic E-state index is 12.7. The molecule has 1 aliphatic rings. The highest BCUT2D eigenvalue weighted by molar-refractivity contribution is 6.22. The normalized spacial score (nSPS) is 12.0. The van der Waals surface area contributed by atoms with Gasteiger partial charge in [-0.25, -0.2) is 0 Å². The van der Waals surface area contributed by atoms with E-state index < -0.39 is 0 Å². The minimum atomic E-state index is -0.172. The van der Waals surface area contributed by atoms with Gasteiger partial charge in [0.2, 0.25) is 0 Å². The minimum absolute atomic E-state index is 0.0148. The summed E-state index contributed by atoms with van der Waals surface area (Å²) < 4.78 is 0. The van der Waals surface area contributed by atoms with Gasteiger partial charge in [-0.2, -0.15) is 0 Å². The van der Waals surface area contributed by atoms with E-state index in [0.29, 0.717) is 23.2 Å². The number of hydrogen-bond donors (Lipinski definition) is 1. The van der Waals surface area contributed by atoms with Gasteiger partial charge in [0, 0.05) is 29.8 Å². The molecule has 0 unspecified atom stereocenters. The fourth-order valence-corrected chi connectivity index (χ4v) is 3.92.